The highest BCUT2D eigenvalue weighted by Gasteiger charge is 2.37. The Labute approximate surface area is 207 Å². The molecule has 34 heavy (non-hydrogen) atoms. The molecule has 2 fully saturated rings. The second-order valence-electron chi connectivity index (χ2n) is 9.94. The highest BCUT2D eigenvalue weighted by Crippen LogP contribution is 2.39. The van der Waals surface area contributed by atoms with Crippen molar-refractivity contribution in [3.05, 3.63) is 34.2 Å². The van der Waals surface area contributed by atoms with E-state index in [9.17, 15) is 14.4 Å². The highest BCUT2D eigenvalue weighted by atomic mass is 32.1. The molecule has 4 rings (SSSR count). The standard InChI is InChI=1S/C25H36N4O4.H2S/c1-16(2)19-6-4-17(3)14-20(19)24(31)29-21-7-5-18(23(30)27-10-12-33-13-11-27)15-22(21)28(9-8-26)25(29)32;/h5,7,15-17,19-20H,4,6,8-14,26H2,1-3H3;1H2/t17-,19+,20-;/m1./s1. The van der Waals surface area contributed by atoms with E-state index in [-0.39, 0.29) is 49.4 Å². The van der Waals surface area contributed by atoms with Gasteiger partial charge in [0.15, 0.2) is 0 Å². The molecule has 1 saturated carbocycles. The molecule has 1 aromatic carbocycles. The molecule has 2 N–H and O–H groups in total. The Bertz CT molecular complexity index is 1090. The van der Waals surface area contributed by atoms with Crippen LogP contribution in [0.4, 0.5) is 0 Å². The lowest BCUT2D eigenvalue weighted by molar-refractivity contribution is 0.0303. The van der Waals surface area contributed by atoms with Crippen LogP contribution in [0.2, 0.25) is 0 Å². The molecule has 0 bridgehead atoms. The Morgan fingerprint density at radius 2 is 1.85 bits per heavy atom. The summed E-state index contributed by atoms with van der Waals surface area (Å²) in [6, 6.07) is 5.20. The molecule has 9 heteroatoms. The lowest BCUT2D eigenvalue weighted by Crippen LogP contribution is -2.40. The first-order valence-electron chi connectivity index (χ1n) is 12.2. The number of hydrogen-bond acceptors (Lipinski definition) is 5. The number of ether oxygens (including phenoxy) is 1. The Hall–Kier alpha value is -2.10. The van der Waals surface area contributed by atoms with Gasteiger partial charge in [-0.15, -0.1) is 0 Å². The summed E-state index contributed by atoms with van der Waals surface area (Å²) in [7, 11) is 0. The van der Waals surface area contributed by atoms with Crippen molar-refractivity contribution in [1.29, 1.82) is 0 Å². The number of fused-ring (bicyclic) bond motifs is 1. The van der Waals surface area contributed by atoms with Gasteiger partial charge in [0.2, 0.25) is 5.91 Å². The molecule has 1 aliphatic carbocycles. The number of carbonyl (C=O) groups is 2. The number of carbonyl (C=O) groups excluding carboxylic acids is 2. The quantitative estimate of drug-likeness (QED) is 0.695. The first-order valence-corrected chi connectivity index (χ1v) is 12.2. The number of aromatic nitrogens is 2. The number of benzene rings is 1. The van der Waals surface area contributed by atoms with E-state index < -0.39 is 0 Å². The fraction of sp³-hybridized carbons (Fsp3) is 0.640. The van der Waals surface area contributed by atoms with Gasteiger partial charge in [0, 0.05) is 37.7 Å². The summed E-state index contributed by atoms with van der Waals surface area (Å²) in [5.74, 6) is 0.691. The summed E-state index contributed by atoms with van der Waals surface area (Å²) in [5, 5.41) is 0. The largest absolute Gasteiger partial charge is 0.378 e. The van der Waals surface area contributed by atoms with Crippen LogP contribution in [0.1, 0.15) is 55.2 Å². The lowest BCUT2D eigenvalue weighted by Gasteiger charge is -2.36. The predicted octanol–water partition coefficient (Wildman–Crippen LogP) is 2.70. The van der Waals surface area contributed by atoms with Crippen molar-refractivity contribution in [2.75, 3.05) is 32.8 Å². The summed E-state index contributed by atoms with van der Waals surface area (Å²) in [6.45, 7) is 9.19. The third kappa shape index (κ3) is 4.97. The van der Waals surface area contributed by atoms with E-state index in [2.05, 4.69) is 20.8 Å². The SMILES string of the molecule is CC(C)[C@@H]1CC[C@@H](C)C[C@H]1C(=O)n1c(=O)n(CCN)c2cc(C(=O)N3CCOCC3)ccc21.S. The topological polar surface area (TPSA) is 99.6 Å². The fourth-order valence-corrected chi connectivity index (χ4v) is 5.55. The zero-order valence-electron chi connectivity index (χ0n) is 20.5. The van der Waals surface area contributed by atoms with Gasteiger partial charge in [-0.1, -0.05) is 27.2 Å². The van der Waals surface area contributed by atoms with Gasteiger partial charge in [-0.25, -0.2) is 9.36 Å². The smallest absolute Gasteiger partial charge is 0.336 e. The number of imidazole rings is 1. The molecule has 8 nitrogen and oxygen atoms in total. The van der Waals surface area contributed by atoms with Crippen molar-refractivity contribution in [1.82, 2.24) is 14.0 Å². The molecule has 0 unspecified atom stereocenters. The third-order valence-corrected chi connectivity index (χ3v) is 7.39. The van der Waals surface area contributed by atoms with Crippen LogP contribution in [0.15, 0.2) is 23.0 Å². The number of nitrogens with two attached hydrogens (primary N) is 1. The van der Waals surface area contributed by atoms with Crippen molar-refractivity contribution in [2.24, 2.45) is 29.4 Å². The minimum Gasteiger partial charge on any atom is -0.378 e. The molecular weight excluding hydrogens is 452 g/mol. The maximum atomic E-state index is 13.8. The third-order valence-electron chi connectivity index (χ3n) is 7.39. The average Bonchev–Trinajstić information content (AvgIpc) is 3.09. The Morgan fingerprint density at radius 1 is 1.15 bits per heavy atom. The average molecular weight is 491 g/mol. The van der Waals surface area contributed by atoms with Gasteiger partial charge < -0.3 is 15.4 Å². The zero-order chi connectivity index (χ0) is 23.7. The van der Waals surface area contributed by atoms with Crippen molar-refractivity contribution in [2.45, 2.75) is 46.6 Å². The van der Waals surface area contributed by atoms with Crippen molar-refractivity contribution in [3.8, 4) is 0 Å². The molecule has 0 spiro atoms. The molecule has 1 aromatic heterocycles. The van der Waals surface area contributed by atoms with Crippen molar-refractivity contribution < 1.29 is 14.3 Å². The van der Waals surface area contributed by atoms with Crippen LogP contribution >= 0.6 is 13.5 Å². The van der Waals surface area contributed by atoms with Crippen LogP contribution in [0, 0.1) is 23.7 Å². The van der Waals surface area contributed by atoms with Crippen LogP contribution in [0.25, 0.3) is 11.0 Å². The normalized spacial score (nSPS) is 23.2. The Balaban J connectivity index is 0.00000324. The summed E-state index contributed by atoms with van der Waals surface area (Å²) in [6.07, 6.45) is 2.92. The van der Waals surface area contributed by atoms with E-state index >= 15 is 0 Å². The van der Waals surface area contributed by atoms with E-state index in [1.165, 1.54) is 4.57 Å². The van der Waals surface area contributed by atoms with E-state index in [4.69, 9.17) is 10.5 Å². The van der Waals surface area contributed by atoms with Gasteiger partial charge in [0.25, 0.3) is 5.91 Å². The Kier molecular flexibility index (Phi) is 8.65. The van der Waals surface area contributed by atoms with Crippen LogP contribution in [0.5, 0.6) is 0 Å². The van der Waals surface area contributed by atoms with Gasteiger partial charge in [-0.3, -0.25) is 14.2 Å². The van der Waals surface area contributed by atoms with Gasteiger partial charge >= 0.3 is 5.69 Å². The fourth-order valence-electron chi connectivity index (χ4n) is 5.55. The van der Waals surface area contributed by atoms with Crippen LogP contribution in [0.3, 0.4) is 0 Å². The molecule has 2 aliphatic rings. The molecule has 1 amide bonds. The van der Waals surface area contributed by atoms with Gasteiger partial charge in [0.05, 0.1) is 24.2 Å². The number of morpholine rings is 1. The van der Waals surface area contributed by atoms with E-state index in [0.717, 1.165) is 19.3 Å². The van der Waals surface area contributed by atoms with E-state index in [0.29, 0.717) is 61.3 Å². The first kappa shape index (κ1) is 26.5. The maximum absolute atomic E-state index is 13.8. The molecule has 1 aliphatic heterocycles. The van der Waals surface area contributed by atoms with Crippen LogP contribution < -0.4 is 11.4 Å². The maximum Gasteiger partial charge on any atom is 0.336 e. The minimum atomic E-state index is -0.364. The van der Waals surface area contributed by atoms with E-state index in [1.807, 2.05) is 0 Å². The number of amides is 1. The van der Waals surface area contributed by atoms with Crippen LogP contribution in [-0.4, -0.2) is 58.7 Å². The van der Waals surface area contributed by atoms with Crippen molar-refractivity contribution in [3.63, 3.8) is 0 Å². The van der Waals surface area contributed by atoms with Gasteiger partial charge in [-0.05, 0) is 48.8 Å². The minimum absolute atomic E-state index is 0. The van der Waals surface area contributed by atoms with Gasteiger partial charge in [0.1, 0.15) is 0 Å². The molecular formula is C25H38N4O4S. The second kappa shape index (κ2) is 11.1. The summed E-state index contributed by atoms with van der Waals surface area (Å²) >= 11 is 0. The van der Waals surface area contributed by atoms with Crippen molar-refractivity contribution >= 4 is 36.3 Å². The monoisotopic (exact) mass is 490 g/mol. The summed E-state index contributed by atoms with van der Waals surface area (Å²) in [4.78, 5) is 42.0. The van der Waals surface area contributed by atoms with Crippen LogP contribution in [-0.2, 0) is 11.3 Å². The molecule has 2 aromatic rings. The first-order chi connectivity index (χ1) is 15.8. The van der Waals surface area contributed by atoms with E-state index in [1.54, 1.807) is 27.7 Å². The molecule has 0 radical (unpaired) electrons. The molecule has 3 atom stereocenters. The number of nitrogens with zero attached hydrogens (tertiary/aromatic N) is 3. The zero-order valence-corrected chi connectivity index (χ0v) is 21.5. The lowest BCUT2D eigenvalue weighted by atomic mass is 9.69. The number of hydrogen-bond donors (Lipinski definition) is 1. The highest BCUT2D eigenvalue weighted by molar-refractivity contribution is 7.59. The summed E-state index contributed by atoms with van der Waals surface area (Å²) in [5.41, 5.74) is 7.08. The summed E-state index contributed by atoms with van der Waals surface area (Å²) < 4.78 is 8.23. The Morgan fingerprint density at radius 3 is 2.50 bits per heavy atom. The number of rotatable bonds is 5. The second-order valence-corrected chi connectivity index (χ2v) is 9.94. The molecule has 1 saturated heterocycles. The van der Waals surface area contributed by atoms with Gasteiger partial charge in [-0.2, -0.15) is 13.5 Å². The molecule has 2 heterocycles. The molecule has 188 valence electrons. The predicted molar refractivity (Wildman–Crippen MR) is 138 cm³/mol.